The van der Waals surface area contributed by atoms with Crippen LogP contribution in [0, 0.1) is 11.8 Å². The van der Waals surface area contributed by atoms with Crippen LogP contribution in [0.15, 0.2) is 0 Å². The summed E-state index contributed by atoms with van der Waals surface area (Å²) in [6, 6.07) is 0. The second-order valence-electron chi connectivity index (χ2n) is 26.7. The molecule has 0 aromatic rings. The van der Waals surface area contributed by atoms with Gasteiger partial charge < -0.3 is 33.8 Å². The third-order valence-electron chi connectivity index (χ3n) is 17.1. The van der Waals surface area contributed by atoms with Gasteiger partial charge in [0, 0.05) is 25.7 Å². The van der Waals surface area contributed by atoms with Crippen molar-refractivity contribution in [3.63, 3.8) is 0 Å². The van der Waals surface area contributed by atoms with E-state index >= 15 is 0 Å². The number of esters is 4. The van der Waals surface area contributed by atoms with Crippen LogP contribution in [0.2, 0.25) is 0 Å². The molecule has 0 aromatic carbocycles. The van der Waals surface area contributed by atoms with Gasteiger partial charge in [-0.3, -0.25) is 37.3 Å². The maximum atomic E-state index is 13.0. The van der Waals surface area contributed by atoms with Crippen LogP contribution in [0.25, 0.3) is 0 Å². The fourth-order valence-corrected chi connectivity index (χ4v) is 12.5. The molecule has 3 N–H and O–H groups in total. The van der Waals surface area contributed by atoms with Gasteiger partial charge in [-0.1, -0.05) is 318 Å². The number of unbranched alkanes of at least 4 members (excludes halogenated alkanes) is 40. The molecule has 0 aliphatic rings. The van der Waals surface area contributed by atoms with Crippen LogP contribution in [0.1, 0.15) is 369 Å². The van der Waals surface area contributed by atoms with E-state index in [0.29, 0.717) is 25.7 Å². The first-order valence-corrected chi connectivity index (χ1v) is 40.5. The van der Waals surface area contributed by atoms with E-state index in [1.54, 1.807) is 0 Å². The van der Waals surface area contributed by atoms with Gasteiger partial charge in [-0.2, -0.15) is 0 Å². The highest BCUT2D eigenvalue weighted by molar-refractivity contribution is 7.47. The Morgan fingerprint density at radius 3 is 0.835 bits per heavy atom. The molecular weight excluding hydrogens is 1200 g/mol. The third-order valence-corrected chi connectivity index (χ3v) is 19.0. The van der Waals surface area contributed by atoms with Gasteiger partial charge in [-0.25, -0.2) is 9.13 Å². The van der Waals surface area contributed by atoms with Crippen LogP contribution in [0.4, 0.5) is 0 Å². The lowest BCUT2D eigenvalue weighted by Gasteiger charge is -2.21. The average molecular weight is 1340 g/mol. The number of aliphatic hydroxyl groups is 1. The van der Waals surface area contributed by atoms with E-state index in [9.17, 15) is 43.2 Å². The first-order valence-electron chi connectivity index (χ1n) is 37.5. The minimum absolute atomic E-state index is 0.106. The molecular formula is C72H140O17P2. The van der Waals surface area contributed by atoms with Gasteiger partial charge in [0.15, 0.2) is 12.2 Å². The summed E-state index contributed by atoms with van der Waals surface area (Å²) in [5, 5.41) is 10.6. The Morgan fingerprint density at radius 2 is 0.560 bits per heavy atom. The Balaban J connectivity index is 5.26. The van der Waals surface area contributed by atoms with Gasteiger partial charge in [-0.15, -0.1) is 0 Å². The fourth-order valence-electron chi connectivity index (χ4n) is 10.9. The summed E-state index contributed by atoms with van der Waals surface area (Å²) in [6.07, 6.45) is 49.7. The molecule has 0 rings (SSSR count). The van der Waals surface area contributed by atoms with Crippen LogP contribution in [0.3, 0.4) is 0 Å². The van der Waals surface area contributed by atoms with Crippen molar-refractivity contribution in [2.45, 2.75) is 387 Å². The van der Waals surface area contributed by atoms with Gasteiger partial charge in [0.1, 0.15) is 19.3 Å². The molecule has 6 atom stereocenters. The van der Waals surface area contributed by atoms with E-state index in [1.165, 1.54) is 186 Å². The van der Waals surface area contributed by atoms with Crippen LogP contribution >= 0.6 is 15.6 Å². The maximum absolute atomic E-state index is 13.0. The zero-order valence-corrected chi connectivity index (χ0v) is 60.9. The van der Waals surface area contributed by atoms with Crippen molar-refractivity contribution in [2.75, 3.05) is 39.6 Å². The SMILES string of the molecule is CCCCCCCCCCCCCCCC(=O)O[C@H](COC(=O)CCCCCCCCCCCC)COP(=O)(O)OC[C@H](O)COP(=O)(O)OC[C@@H](COC(=O)CCCCCCCCCCCCC(C)CC)OC(=O)CCCCCCCCCCCCCC(C)C. The second-order valence-corrected chi connectivity index (χ2v) is 29.6. The van der Waals surface area contributed by atoms with Crippen LogP contribution in [-0.4, -0.2) is 96.7 Å². The van der Waals surface area contributed by atoms with E-state index < -0.39 is 97.5 Å². The zero-order valence-electron chi connectivity index (χ0n) is 59.1. The lowest BCUT2D eigenvalue weighted by Crippen LogP contribution is -2.30. The molecule has 0 aliphatic heterocycles. The number of phosphoric acid groups is 2. The first kappa shape index (κ1) is 89.1. The van der Waals surface area contributed by atoms with Crippen molar-refractivity contribution >= 4 is 39.5 Å². The van der Waals surface area contributed by atoms with Crippen molar-refractivity contribution in [3.8, 4) is 0 Å². The van der Waals surface area contributed by atoms with Crippen molar-refractivity contribution in [1.29, 1.82) is 0 Å². The molecule has 540 valence electrons. The van der Waals surface area contributed by atoms with Crippen LogP contribution in [-0.2, 0) is 65.4 Å². The quantitative estimate of drug-likeness (QED) is 0.0222. The van der Waals surface area contributed by atoms with Gasteiger partial charge >= 0.3 is 39.5 Å². The summed E-state index contributed by atoms with van der Waals surface area (Å²) in [6.45, 7) is 9.59. The average Bonchev–Trinajstić information content (AvgIpc) is 3.74. The molecule has 19 heteroatoms. The zero-order chi connectivity index (χ0) is 67.2. The minimum atomic E-state index is -4.95. The molecule has 91 heavy (non-hydrogen) atoms. The summed E-state index contributed by atoms with van der Waals surface area (Å²) < 4.78 is 68.4. The third kappa shape index (κ3) is 65.1. The molecule has 0 saturated carbocycles. The van der Waals surface area contributed by atoms with Crippen LogP contribution in [0.5, 0.6) is 0 Å². The van der Waals surface area contributed by atoms with E-state index in [4.69, 9.17) is 37.0 Å². The van der Waals surface area contributed by atoms with Crippen molar-refractivity contribution in [3.05, 3.63) is 0 Å². The monoisotopic (exact) mass is 1340 g/mol. The van der Waals surface area contributed by atoms with E-state index in [2.05, 4.69) is 41.5 Å². The van der Waals surface area contributed by atoms with Gasteiger partial charge in [0.25, 0.3) is 0 Å². The lowest BCUT2D eigenvalue weighted by molar-refractivity contribution is -0.161. The fraction of sp³-hybridized carbons (Fsp3) is 0.944. The Hall–Kier alpha value is -1.94. The molecule has 0 spiro atoms. The summed E-state index contributed by atoms with van der Waals surface area (Å²) in [5.41, 5.74) is 0. The van der Waals surface area contributed by atoms with Gasteiger partial charge in [0.2, 0.25) is 0 Å². The van der Waals surface area contributed by atoms with Gasteiger partial charge in [-0.05, 0) is 37.5 Å². The largest absolute Gasteiger partial charge is 0.472 e. The van der Waals surface area contributed by atoms with Crippen molar-refractivity contribution in [1.82, 2.24) is 0 Å². The molecule has 0 aromatic heterocycles. The Labute approximate surface area is 556 Å². The molecule has 0 amide bonds. The predicted molar refractivity (Wildman–Crippen MR) is 368 cm³/mol. The Morgan fingerprint density at radius 1 is 0.319 bits per heavy atom. The minimum Gasteiger partial charge on any atom is -0.462 e. The first-order chi connectivity index (χ1) is 43.9. The number of aliphatic hydroxyl groups excluding tert-OH is 1. The molecule has 0 aliphatic carbocycles. The summed E-state index contributed by atoms with van der Waals surface area (Å²) in [4.78, 5) is 72.6. The summed E-state index contributed by atoms with van der Waals surface area (Å²) in [5.74, 6) is -0.545. The summed E-state index contributed by atoms with van der Waals surface area (Å²) >= 11 is 0. The number of hydrogen-bond acceptors (Lipinski definition) is 15. The molecule has 0 bridgehead atoms. The smallest absolute Gasteiger partial charge is 0.462 e. The lowest BCUT2D eigenvalue weighted by atomic mass is 9.99. The molecule has 0 heterocycles. The predicted octanol–water partition coefficient (Wildman–Crippen LogP) is 20.8. The second kappa shape index (κ2) is 64.1. The molecule has 17 nitrogen and oxygen atoms in total. The molecule has 0 radical (unpaired) electrons. The molecule has 0 saturated heterocycles. The Bertz CT molecular complexity index is 1770. The maximum Gasteiger partial charge on any atom is 0.472 e. The highest BCUT2D eigenvalue weighted by atomic mass is 31.2. The number of carbonyl (C=O) groups excluding carboxylic acids is 4. The number of rotatable bonds is 71. The standard InChI is InChI=1S/C72H140O17P2/c1-7-10-12-14-16-18-20-21-24-32-38-44-50-56-71(76)88-67(60-82-69(74)54-48-42-36-30-19-17-15-13-11-8-2)62-86-90(78,79)84-58-66(73)59-85-91(80,81)87-63-68(89-72(77)57-51-45-39-33-25-22-23-28-34-40-46-52-64(4)5)61-83-70(75)55-49-43-37-31-27-26-29-35-41-47-53-65(6)9-3/h64-68,73H,7-63H2,1-6H3,(H,78,79)(H,80,81)/t65?,66-,67+,68+/m0/s1. The highest BCUT2D eigenvalue weighted by Crippen LogP contribution is 2.45. The van der Waals surface area contributed by atoms with Crippen molar-refractivity contribution in [2.24, 2.45) is 11.8 Å². The van der Waals surface area contributed by atoms with E-state index in [-0.39, 0.29) is 25.7 Å². The Kier molecular flexibility index (Phi) is 62.7. The molecule has 3 unspecified atom stereocenters. The number of ether oxygens (including phenoxy) is 4. The van der Waals surface area contributed by atoms with Crippen molar-refractivity contribution < 1.29 is 80.2 Å². The van der Waals surface area contributed by atoms with Crippen LogP contribution < -0.4 is 0 Å². The highest BCUT2D eigenvalue weighted by Gasteiger charge is 2.30. The molecule has 0 fully saturated rings. The number of phosphoric ester groups is 2. The number of hydrogen-bond donors (Lipinski definition) is 3. The normalized spacial score (nSPS) is 14.4. The topological polar surface area (TPSA) is 237 Å². The number of carbonyl (C=O) groups is 4. The van der Waals surface area contributed by atoms with E-state index in [1.807, 2.05) is 0 Å². The van der Waals surface area contributed by atoms with E-state index in [0.717, 1.165) is 102 Å². The summed E-state index contributed by atoms with van der Waals surface area (Å²) in [7, 11) is -9.90. The van der Waals surface area contributed by atoms with Gasteiger partial charge in [0.05, 0.1) is 26.4 Å².